The summed E-state index contributed by atoms with van der Waals surface area (Å²) in [4.78, 5) is 24.1. The van der Waals surface area contributed by atoms with E-state index in [2.05, 4.69) is 5.32 Å². The third-order valence-corrected chi connectivity index (χ3v) is 4.14. The largest absolute Gasteiger partial charge is 0.549 e. The highest BCUT2D eigenvalue weighted by Crippen LogP contribution is 2.15. The monoisotopic (exact) mass is 309 g/mol. The van der Waals surface area contributed by atoms with Crippen molar-refractivity contribution in [2.75, 3.05) is 11.5 Å². The topological polar surface area (TPSA) is 72.5 Å². The molecule has 1 saturated heterocycles. The lowest BCUT2D eigenvalue weighted by molar-refractivity contribution is -0.301. The summed E-state index contributed by atoms with van der Waals surface area (Å²) in [6.07, 6.45) is 0. The van der Waals surface area contributed by atoms with Gasteiger partial charge < -0.3 is 15.2 Å². The van der Waals surface area contributed by atoms with Gasteiger partial charge in [0, 0.05) is 11.5 Å². The number of thiocarbonyl (C=S) groups is 1. The van der Waals surface area contributed by atoms with Gasteiger partial charge in [-0.1, -0.05) is 30.3 Å². The van der Waals surface area contributed by atoms with Gasteiger partial charge >= 0.3 is 0 Å². The molecule has 1 heterocycles. The van der Waals surface area contributed by atoms with E-state index in [1.165, 1.54) is 4.90 Å². The predicted octanol–water partition coefficient (Wildman–Crippen LogP) is -0.245. The number of amides is 1. The smallest absolute Gasteiger partial charge is 0.252 e. The Morgan fingerprint density at radius 3 is 2.75 bits per heavy atom. The summed E-state index contributed by atoms with van der Waals surface area (Å²) in [7, 11) is 0. The number of carboxylic acid groups (broad SMARTS) is 1. The van der Waals surface area contributed by atoms with Crippen LogP contribution in [0.5, 0.6) is 0 Å². The van der Waals surface area contributed by atoms with Crippen LogP contribution in [-0.2, 0) is 16.1 Å². The SMILES string of the molecule is O=C([O-])CSC[C@H]1NC(=S)N(Cc2ccccc2)C1=O. The molecule has 106 valence electrons. The molecule has 0 radical (unpaired) electrons. The number of carbonyl (C=O) groups is 2. The van der Waals surface area contributed by atoms with Crippen LogP contribution < -0.4 is 10.4 Å². The average molecular weight is 309 g/mol. The summed E-state index contributed by atoms with van der Waals surface area (Å²) >= 11 is 6.29. The fraction of sp³-hybridized carbons (Fsp3) is 0.308. The molecule has 1 aromatic rings. The van der Waals surface area contributed by atoms with Crippen LogP contribution in [0, 0.1) is 0 Å². The molecule has 1 aromatic carbocycles. The molecule has 2 rings (SSSR count). The molecule has 1 fully saturated rings. The Labute approximate surface area is 126 Å². The van der Waals surface area contributed by atoms with E-state index in [1.807, 2.05) is 30.3 Å². The number of carboxylic acids is 1. The maximum Gasteiger partial charge on any atom is 0.252 e. The number of carbonyl (C=O) groups excluding carboxylic acids is 2. The van der Waals surface area contributed by atoms with Gasteiger partial charge in [-0.15, -0.1) is 0 Å². The maximum atomic E-state index is 12.2. The van der Waals surface area contributed by atoms with E-state index in [9.17, 15) is 14.7 Å². The number of hydrogen-bond donors (Lipinski definition) is 1. The van der Waals surface area contributed by atoms with Gasteiger partial charge in [0.25, 0.3) is 5.91 Å². The zero-order chi connectivity index (χ0) is 14.5. The summed E-state index contributed by atoms with van der Waals surface area (Å²) < 4.78 is 0. The Morgan fingerprint density at radius 2 is 2.10 bits per heavy atom. The zero-order valence-corrected chi connectivity index (χ0v) is 12.2. The lowest BCUT2D eigenvalue weighted by atomic mass is 10.2. The second-order valence-electron chi connectivity index (χ2n) is 4.30. The molecule has 0 aliphatic carbocycles. The lowest BCUT2D eigenvalue weighted by Gasteiger charge is -2.14. The molecule has 1 atom stereocenters. The van der Waals surface area contributed by atoms with Crippen molar-refractivity contribution in [2.45, 2.75) is 12.6 Å². The Kier molecular flexibility index (Phi) is 4.97. The van der Waals surface area contributed by atoms with Gasteiger partial charge in [-0.05, 0) is 17.8 Å². The summed E-state index contributed by atoms with van der Waals surface area (Å²) in [5, 5.41) is 13.7. The minimum absolute atomic E-state index is 0.121. The third-order valence-electron chi connectivity index (χ3n) is 2.79. The zero-order valence-electron chi connectivity index (χ0n) is 10.6. The van der Waals surface area contributed by atoms with Gasteiger partial charge in [0.1, 0.15) is 6.04 Å². The first-order valence-electron chi connectivity index (χ1n) is 6.01. The van der Waals surface area contributed by atoms with Crippen LogP contribution in [0.15, 0.2) is 30.3 Å². The molecule has 1 aliphatic heterocycles. The second kappa shape index (κ2) is 6.71. The van der Waals surface area contributed by atoms with E-state index in [1.54, 1.807) is 0 Å². The quantitative estimate of drug-likeness (QED) is 0.731. The van der Waals surface area contributed by atoms with Crippen LogP contribution in [0.2, 0.25) is 0 Å². The number of thioether (sulfide) groups is 1. The number of nitrogens with one attached hydrogen (secondary N) is 1. The first kappa shape index (κ1) is 14.8. The van der Waals surface area contributed by atoms with Crippen molar-refractivity contribution in [1.82, 2.24) is 10.2 Å². The predicted molar refractivity (Wildman–Crippen MR) is 78.8 cm³/mol. The van der Waals surface area contributed by atoms with Gasteiger partial charge in [-0.25, -0.2) is 0 Å². The van der Waals surface area contributed by atoms with Crippen molar-refractivity contribution < 1.29 is 14.7 Å². The van der Waals surface area contributed by atoms with Crippen LogP contribution in [0.4, 0.5) is 0 Å². The first-order chi connectivity index (χ1) is 9.58. The standard InChI is InChI=1S/C13H14N2O3S2/c16-11(17)8-20-7-10-12(18)15(13(19)14-10)6-9-4-2-1-3-5-9/h1-5,10H,6-8H2,(H,14,19)(H,16,17)/p-1/t10-/m1/s1. The molecule has 0 bridgehead atoms. The van der Waals surface area contributed by atoms with Crippen LogP contribution in [-0.4, -0.2) is 39.4 Å². The molecule has 0 saturated carbocycles. The van der Waals surface area contributed by atoms with Crippen molar-refractivity contribution in [3.63, 3.8) is 0 Å². The van der Waals surface area contributed by atoms with Gasteiger partial charge in [-0.2, -0.15) is 11.8 Å². The average Bonchev–Trinajstić information content (AvgIpc) is 2.67. The Hall–Kier alpha value is -1.60. The molecular weight excluding hydrogens is 296 g/mol. The van der Waals surface area contributed by atoms with Gasteiger partial charge in [0.15, 0.2) is 5.11 Å². The molecule has 20 heavy (non-hydrogen) atoms. The maximum absolute atomic E-state index is 12.2. The minimum Gasteiger partial charge on any atom is -0.549 e. The normalized spacial score (nSPS) is 18.2. The number of hydrogen-bond acceptors (Lipinski definition) is 5. The van der Waals surface area contributed by atoms with Gasteiger partial charge in [-0.3, -0.25) is 9.69 Å². The number of benzene rings is 1. The molecule has 5 nitrogen and oxygen atoms in total. The molecule has 7 heteroatoms. The fourth-order valence-electron chi connectivity index (χ4n) is 1.87. The number of aliphatic carboxylic acids is 1. The molecule has 1 amide bonds. The van der Waals surface area contributed by atoms with E-state index in [-0.39, 0.29) is 11.7 Å². The molecule has 0 unspecified atom stereocenters. The molecule has 0 aromatic heterocycles. The minimum atomic E-state index is -1.14. The Morgan fingerprint density at radius 1 is 1.40 bits per heavy atom. The molecule has 1 aliphatic rings. The summed E-state index contributed by atoms with van der Waals surface area (Å²) in [6, 6.07) is 9.10. The van der Waals surface area contributed by atoms with Crippen LogP contribution in [0.25, 0.3) is 0 Å². The molecule has 0 spiro atoms. The fourth-order valence-corrected chi connectivity index (χ4v) is 2.91. The summed E-state index contributed by atoms with van der Waals surface area (Å²) in [6.45, 7) is 0.424. The lowest BCUT2D eigenvalue weighted by Crippen LogP contribution is -2.33. The van der Waals surface area contributed by atoms with Crippen molar-refractivity contribution in [3.05, 3.63) is 35.9 Å². The number of rotatable bonds is 6. The van der Waals surface area contributed by atoms with Crippen LogP contribution in [0.1, 0.15) is 5.56 Å². The van der Waals surface area contributed by atoms with Crippen molar-refractivity contribution in [1.29, 1.82) is 0 Å². The first-order valence-corrected chi connectivity index (χ1v) is 7.57. The molecule has 1 N–H and O–H groups in total. The van der Waals surface area contributed by atoms with E-state index in [0.717, 1.165) is 17.3 Å². The van der Waals surface area contributed by atoms with E-state index in [4.69, 9.17) is 12.2 Å². The number of nitrogens with zero attached hydrogens (tertiary/aromatic N) is 1. The second-order valence-corrected chi connectivity index (χ2v) is 5.72. The van der Waals surface area contributed by atoms with Crippen molar-refractivity contribution in [2.24, 2.45) is 0 Å². The Bertz CT molecular complexity index is 522. The van der Waals surface area contributed by atoms with E-state index >= 15 is 0 Å². The van der Waals surface area contributed by atoms with Crippen LogP contribution >= 0.6 is 24.0 Å². The van der Waals surface area contributed by atoms with Gasteiger partial charge in [0.2, 0.25) is 0 Å². The highest BCUT2D eigenvalue weighted by Gasteiger charge is 2.34. The summed E-state index contributed by atoms with van der Waals surface area (Å²) in [5.41, 5.74) is 0.994. The Balaban J connectivity index is 1.93. The van der Waals surface area contributed by atoms with Crippen LogP contribution in [0.3, 0.4) is 0 Å². The highest BCUT2D eigenvalue weighted by molar-refractivity contribution is 8.00. The summed E-state index contributed by atoms with van der Waals surface area (Å²) in [5.74, 6) is -1.02. The third kappa shape index (κ3) is 3.71. The van der Waals surface area contributed by atoms with Crippen molar-refractivity contribution in [3.8, 4) is 0 Å². The van der Waals surface area contributed by atoms with E-state index in [0.29, 0.717) is 17.4 Å². The van der Waals surface area contributed by atoms with Gasteiger partial charge in [0.05, 0.1) is 12.5 Å². The molecular formula is C13H13N2O3S2-. The highest BCUT2D eigenvalue weighted by atomic mass is 32.2. The van der Waals surface area contributed by atoms with E-state index < -0.39 is 12.0 Å². The van der Waals surface area contributed by atoms with Crippen molar-refractivity contribution >= 4 is 41.0 Å².